The van der Waals surface area contributed by atoms with E-state index in [2.05, 4.69) is 19.2 Å². The minimum Gasteiger partial charge on any atom is -0.465 e. The van der Waals surface area contributed by atoms with Gasteiger partial charge in [-0.3, -0.25) is 0 Å². The molecule has 116 valence electrons. The number of nitrogen functional groups attached to an aromatic ring is 1. The van der Waals surface area contributed by atoms with E-state index in [1.807, 2.05) is 13.0 Å². The molecule has 1 aliphatic carbocycles. The summed E-state index contributed by atoms with van der Waals surface area (Å²) in [6, 6.07) is 5.62. The Bertz CT molecular complexity index is 528. The fourth-order valence-electron chi connectivity index (χ4n) is 2.78. The first-order valence-corrected chi connectivity index (χ1v) is 7.26. The predicted molar refractivity (Wildman–Crippen MR) is 83.4 cm³/mol. The quantitative estimate of drug-likeness (QED) is 0.645. The number of carbonyl (C=O) groups is 1. The van der Waals surface area contributed by atoms with E-state index in [4.69, 9.17) is 15.2 Å². The third kappa shape index (κ3) is 2.83. The molecule has 0 heterocycles. The van der Waals surface area contributed by atoms with Crippen LogP contribution in [0.15, 0.2) is 18.2 Å². The van der Waals surface area contributed by atoms with Crippen LogP contribution in [0.25, 0.3) is 0 Å². The highest BCUT2D eigenvalue weighted by Crippen LogP contribution is 2.45. The van der Waals surface area contributed by atoms with Gasteiger partial charge in [0.1, 0.15) is 0 Å². The van der Waals surface area contributed by atoms with Gasteiger partial charge in [-0.25, -0.2) is 4.79 Å². The molecular weight excluding hydrogens is 268 g/mol. The lowest BCUT2D eigenvalue weighted by atomic mass is 9.64. The van der Waals surface area contributed by atoms with Crippen LogP contribution in [-0.2, 0) is 9.47 Å². The monoisotopic (exact) mass is 292 g/mol. The van der Waals surface area contributed by atoms with E-state index in [-0.39, 0.29) is 17.6 Å². The number of hydrogen-bond acceptors (Lipinski definition) is 5. The molecular formula is C16H24N2O3. The topological polar surface area (TPSA) is 73.6 Å². The van der Waals surface area contributed by atoms with Crippen LogP contribution in [-0.4, -0.2) is 31.8 Å². The van der Waals surface area contributed by atoms with Crippen molar-refractivity contribution in [2.45, 2.75) is 39.3 Å². The van der Waals surface area contributed by atoms with E-state index >= 15 is 0 Å². The van der Waals surface area contributed by atoms with Crippen molar-refractivity contribution in [1.29, 1.82) is 0 Å². The number of anilines is 2. The molecule has 3 N–H and O–H groups in total. The Kier molecular flexibility index (Phi) is 4.42. The zero-order valence-corrected chi connectivity index (χ0v) is 13.1. The van der Waals surface area contributed by atoms with E-state index in [0.29, 0.717) is 11.3 Å². The maximum Gasteiger partial charge on any atom is 0.340 e. The second kappa shape index (κ2) is 5.93. The minimum atomic E-state index is -0.420. The highest BCUT2D eigenvalue weighted by Gasteiger charge is 2.49. The van der Waals surface area contributed by atoms with Gasteiger partial charge in [-0.15, -0.1) is 0 Å². The summed E-state index contributed by atoms with van der Waals surface area (Å²) in [6.07, 6.45) is 1.19. The third-order valence-electron chi connectivity index (χ3n) is 4.39. The number of benzene rings is 1. The smallest absolute Gasteiger partial charge is 0.340 e. The van der Waals surface area contributed by atoms with Crippen LogP contribution >= 0.6 is 0 Å². The number of rotatable bonds is 5. The molecule has 1 aromatic rings. The molecule has 5 nitrogen and oxygen atoms in total. The molecule has 5 heteroatoms. The third-order valence-corrected chi connectivity index (χ3v) is 4.39. The van der Waals surface area contributed by atoms with Crippen molar-refractivity contribution < 1.29 is 14.3 Å². The SMILES string of the molecule is CCOC1CC(Nc2cccc(C(=O)OC)c2N)C1(C)C. The van der Waals surface area contributed by atoms with E-state index < -0.39 is 5.97 Å². The van der Waals surface area contributed by atoms with Crippen LogP contribution in [0.1, 0.15) is 37.6 Å². The molecule has 0 bridgehead atoms. The molecule has 1 aliphatic rings. The molecule has 2 atom stereocenters. The van der Waals surface area contributed by atoms with Crippen molar-refractivity contribution in [3.63, 3.8) is 0 Å². The zero-order chi connectivity index (χ0) is 15.6. The van der Waals surface area contributed by atoms with Crippen LogP contribution in [0, 0.1) is 5.41 Å². The number of para-hydroxylation sites is 1. The average Bonchev–Trinajstić information content (AvgIpc) is 2.47. The van der Waals surface area contributed by atoms with Gasteiger partial charge in [0.2, 0.25) is 0 Å². The van der Waals surface area contributed by atoms with Gasteiger partial charge < -0.3 is 20.5 Å². The Hall–Kier alpha value is -1.75. The van der Waals surface area contributed by atoms with E-state index in [1.54, 1.807) is 12.1 Å². The molecule has 0 aliphatic heterocycles. The summed E-state index contributed by atoms with van der Waals surface area (Å²) in [5.74, 6) is -0.420. The summed E-state index contributed by atoms with van der Waals surface area (Å²) < 4.78 is 10.5. The second-order valence-electron chi connectivity index (χ2n) is 5.96. The van der Waals surface area contributed by atoms with Gasteiger partial charge in [0, 0.05) is 18.1 Å². The second-order valence-corrected chi connectivity index (χ2v) is 5.96. The van der Waals surface area contributed by atoms with Gasteiger partial charge in [0.25, 0.3) is 0 Å². The first-order valence-electron chi connectivity index (χ1n) is 7.26. The fourth-order valence-corrected chi connectivity index (χ4v) is 2.78. The number of nitrogens with two attached hydrogens (primary N) is 1. The number of nitrogens with one attached hydrogen (secondary N) is 1. The van der Waals surface area contributed by atoms with Crippen molar-refractivity contribution in [3.8, 4) is 0 Å². The highest BCUT2D eigenvalue weighted by atomic mass is 16.5. The maximum absolute atomic E-state index is 11.7. The van der Waals surface area contributed by atoms with Crippen molar-refractivity contribution in [2.75, 3.05) is 24.8 Å². The van der Waals surface area contributed by atoms with Crippen LogP contribution < -0.4 is 11.1 Å². The van der Waals surface area contributed by atoms with Gasteiger partial charge in [-0.05, 0) is 25.5 Å². The molecule has 21 heavy (non-hydrogen) atoms. The Morgan fingerprint density at radius 1 is 1.48 bits per heavy atom. The molecule has 2 rings (SSSR count). The first-order chi connectivity index (χ1) is 9.91. The van der Waals surface area contributed by atoms with Crippen LogP contribution in [0.4, 0.5) is 11.4 Å². The summed E-state index contributed by atoms with van der Waals surface area (Å²) in [5, 5.41) is 3.43. The summed E-state index contributed by atoms with van der Waals surface area (Å²) >= 11 is 0. The molecule has 1 aromatic carbocycles. The molecule has 0 amide bonds. The Morgan fingerprint density at radius 3 is 2.76 bits per heavy atom. The summed E-state index contributed by atoms with van der Waals surface area (Å²) in [4.78, 5) is 11.7. The molecule has 0 spiro atoms. The van der Waals surface area contributed by atoms with Crippen molar-refractivity contribution in [1.82, 2.24) is 0 Å². The molecule has 1 fully saturated rings. The number of esters is 1. The number of carbonyl (C=O) groups excluding carboxylic acids is 1. The standard InChI is InChI=1S/C16H24N2O3/c1-5-21-13-9-12(16(13,2)3)18-11-8-6-7-10(14(11)17)15(19)20-4/h6-8,12-13,18H,5,9,17H2,1-4H3. The van der Waals surface area contributed by atoms with Crippen LogP contribution in [0.5, 0.6) is 0 Å². The van der Waals surface area contributed by atoms with Crippen LogP contribution in [0.2, 0.25) is 0 Å². The summed E-state index contributed by atoms with van der Waals surface area (Å²) in [6.45, 7) is 7.08. The number of methoxy groups -OCH3 is 1. The van der Waals surface area contributed by atoms with E-state index in [1.165, 1.54) is 7.11 Å². The van der Waals surface area contributed by atoms with Crippen molar-refractivity contribution in [2.24, 2.45) is 5.41 Å². The lowest BCUT2D eigenvalue weighted by Gasteiger charge is -2.52. The molecule has 1 saturated carbocycles. The summed E-state index contributed by atoms with van der Waals surface area (Å²) in [5.41, 5.74) is 7.70. The zero-order valence-electron chi connectivity index (χ0n) is 13.1. The Morgan fingerprint density at radius 2 is 2.19 bits per heavy atom. The molecule has 0 saturated heterocycles. The van der Waals surface area contributed by atoms with Gasteiger partial charge in [0.15, 0.2) is 0 Å². The van der Waals surface area contributed by atoms with E-state index in [9.17, 15) is 4.79 Å². The first kappa shape index (κ1) is 15.6. The Balaban J connectivity index is 2.13. The van der Waals surface area contributed by atoms with Gasteiger partial charge in [-0.2, -0.15) is 0 Å². The Labute approximate surface area is 125 Å². The lowest BCUT2D eigenvalue weighted by molar-refractivity contribution is -0.0975. The molecule has 0 aromatic heterocycles. The van der Waals surface area contributed by atoms with Gasteiger partial charge >= 0.3 is 5.97 Å². The van der Waals surface area contributed by atoms with Gasteiger partial charge in [-0.1, -0.05) is 19.9 Å². The van der Waals surface area contributed by atoms with Crippen LogP contribution in [0.3, 0.4) is 0 Å². The maximum atomic E-state index is 11.7. The predicted octanol–water partition coefficient (Wildman–Crippen LogP) is 2.67. The lowest BCUT2D eigenvalue weighted by Crippen LogP contribution is -2.58. The molecule has 2 unspecified atom stereocenters. The van der Waals surface area contributed by atoms with Gasteiger partial charge in [0.05, 0.1) is 30.2 Å². The normalized spacial score (nSPS) is 23.2. The van der Waals surface area contributed by atoms with E-state index in [0.717, 1.165) is 18.7 Å². The largest absolute Gasteiger partial charge is 0.465 e. The average molecular weight is 292 g/mol. The number of ether oxygens (including phenoxy) is 2. The molecule has 0 radical (unpaired) electrons. The highest BCUT2D eigenvalue weighted by molar-refractivity contribution is 5.98. The summed E-state index contributed by atoms with van der Waals surface area (Å²) in [7, 11) is 1.35. The number of hydrogen-bond donors (Lipinski definition) is 2. The minimum absolute atomic E-state index is 0.0315. The fraction of sp³-hybridized carbons (Fsp3) is 0.562. The van der Waals surface area contributed by atoms with Crippen molar-refractivity contribution in [3.05, 3.63) is 23.8 Å². The van der Waals surface area contributed by atoms with Crippen molar-refractivity contribution >= 4 is 17.3 Å².